The van der Waals surface area contributed by atoms with Crippen LogP contribution in [0.5, 0.6) is 0 Å². The van der Waals surface area contributed by atoms with Crippen molar-refractivity contribution in [2.24, 2.45) is 0 Å². The van der Waals surface area contributed by atoms with Gasteiger partial charge >= 0.3 is 0 Å². The minimum atomic E-state index is 1.19. The Kier molecular flexibility index (Phi) is 6.37. The Bertz CT molecular complexity index is 460. The van der Waals surface area contributed by atoms with Crippen LogP contribution in [0.1, 0.15) is 57.4 Å². The Hall–Kier alpha value is -1.56. The molecule has 0 heterocycles. The monoisotopic (exact) mass is 266 g/mol. The predicted octanol–water partition coefficient (Wildman–Crippen LogP) is 6.32. The highest BCUT2D eigenvalue weighted by Crippen LogP contribution is 2.28. The summed E-state index contributed by atoms with van der Waals surface area (Å²) in [5.41, 5.74) is 4.28. The van der Waals surface area contributed by atoms with Crippen molar-refractivity contribution in [1.29, 1.82) is 0 Å². The highest BCUT2D eigenvalue weighted by atomic mass is 14.1. The molecule has 0 nitrogen and oxygen atoms in total. The van der Waals surface area contributed by atoms with E-state index in [0.717, 1.165) is 0 Å². The predicted molar refractivity (Wildman–Crippen MR) is 89.6 cm³/mol. The Morgan fingerprint density at radius 1 is 0.800 bits per heavy atom. The van der Waals surface area contributed by atoms with Crippen molar-refractivity contribution in [3.63, 3.8) is 0 Å². The van der Waals surface area contributed by atoms with E-state index in [2.05, 4.69) is 61.6 Å². The summed E-state index contributed by atoms with van der Waals surface area (Å²) in [6.07, 6.45) is 18.1. The first kappa shape index (κ1) is 14.8. The van der Waals surface area contributed by atoms with Crippen LogP contribution in [0.15, 0.2) is 60.2 Å². The summed E-state index contributed by atoms with van der Waals surface area (Å²) in [5, 5.41) is 0. The molecule has 0 N–H and O–H groups in total. The lowest BCUT2D eigenvalue weighted by Gasteiger charge is -2.10. The summed E-state index contributed by atoms with van der Waals surface area (Å²) in [6, 6.07) is 10.8. The van der Waals surface area contributed by atoms with Crippen molar-refractivity contribution in [3.8, 4) is 0 Å². The lowest BCUT2D eigenvalue weighted by Crippen LogP contribution is -1.89. The van der Waals surface area contributed by atoms with Crippen LogP contribution in [-0.2, 0) is 0 Å². The average Bonchev–Trinajstić information content (AvgIpc) is 3.01. The summed E-state index contributed by atoms with van der Waals surface area (Å²) in [6.45, 7) is 2.27. The maximum absolute atomic E-state index is 2.27. The van der Waals surface area contributed by atoms with Gasteiger partial charge in [0.15, 0.2) is 0 Å². The van der Waals surface area contributed by atoms with Crippen LogP contribution in [0.3, 0.4) is 0 Å². The lowest BCUT2D eigenvalue weighted by molar-refractivity contribution is 0.613. The highest BCUT2D eigenvalue weighted by molar-refractivity contribution is 5.74. The minimum Gasteiger partial charge on any atom is -0.0654 e. The quantitative estimate of drug-likeness (QED) is 0.483. The molecule has 106 valence electrons. The van der Waals surface area contributed by atoms with Crippen LogP contribution < -0.4 is 0 Å². The van der Waals surface area contributed by atoms with E-state index >= 15 is 0 Å². The topological polar surface area (TPSA) is 0 Å². The summed E-state index contributed by atoms with van der Waals surface area (Å²) in [7, 11) is 0. The summed E-state index contributed by atoms with van der Waals surface area (Å²) >= 11 is 0. The van der Waals surface area contributed by atoms with Gasteiger partial charge in [-0.05, 0) is 29.6 Å². The summed E-state index contributed by atoms with van der Waals surface area (Å²) in [5.74, 6) is 0. The molecule has 0 atom stereocenters. The molecule has 0 heteroatoms. The van der Waals surface area contributed by atoms with Crippen LogP contribution in [0, 0.1) is 0 Å². The van der Waals surface area contributed by atoms with Crippen LogP contribution in [-0.4, -0.2) is 0 Å². The van der Waals surface area contributed by atoms with Gasteiger partial charge in [0.25, 0.3) is 0 Å². The fourth-order valence-corrected chi connectivity index (χ4v) is 2.75. The Labute approximate surface area is 123 Å². The zero-order valence-corrected chi connectivity index (χ0v) is 12.6. The molecule has 20 heavy (non-hydrogen) atoms. The van der Waals surface area contributed by atoms with E-state index in [1.165, 1.54) is 61.7 Å². The van der Waals surface area contributed by atoms with E-state index in [0.29, 0.717) is 0 Å². The van der Waals surface area contributed by atoms with Crippen molar-refractivity contribution in [1.82, 2.24) is 0 Å². The Morgan fingerprint density at radius 3 is 2.15 bits per heavy atom. The van der Waals surface area contributed by atoms with Crippen molar-refractivity contribution in [2.75, 3.05) is 0 Å². The molecule has 0 aliphatic heterocycles. The van der Waals surface area contributed by atoms with E-state index < -0.39 is 0 Å². The number of allylic oxidation sites excluding steroid dienone is 6. The maximum atomic E-state index is 2.27. The van der Waals surface area contributed by atoms with Gasteiger partial charge in [0.1, 0.15) is 0 Å². The third-order valence-corrected chi connectivity index (χ3v) is 3.91. The van der Waals surface area contributed by atoms with E-state index in [9.17, 15) is 0 Å². The second kappa shape index (κ2) is 8.58. The molecule has 0 unspecified atom stereocenters. The van der Waals surface area contributed by atoms with Crippen LogP contribution in [0.25, 0.3) is 5.57 Å². The van der Waals surface area contributed by atoms with Gasteiger partial charge < -0.3 is 0 Å². The molecular weight excluding hydrogens is 240 g/mol. The molecule has 0 saturated heterocycles. The molecule has 0 spiro atoms. The first-order valence-corrected chi connectivity index (χ1v) is 8.05. The SMILES string of the molecule is CCCCCCCCC(=C1C=CC=C1)c1ccccc1. The van der Waals surface area contributed by atoms with Gasteiger partial charge in [-0.15, -0.1) is 0 Å². The normalized spacial score (nSPS) is 13.2. The van der Waals surface area contributed by atoms with Crippen molar-refractivity contribution in [3.05, 3.63) is 65.8 Å². The molecule has 0 amide bonds. The molecule has 0 fully saturated rings. The summed E-state index contributed by atoms with van der Waals surface area (Å²) in [4.78, 5) is 0. The Balaban J connectivity index is 1.94. The third kappa shape index (κ3) is 4.52. The first-order valence-electron chi connectivity index (χ1n) is 8.05. The van der Waals surface area contributed by atoms with Gasteiger partial charge in [-0.25, -0.2) is 0 Å². The van der Waals surface area contributed by atoms with Crippen molar-refractivity contribution >= 4 is 5.57 Å². The lowest BCUT2D eigenvalue weighted by atomic mass is 9.94. The summed E-state index contributed by atoms with van der Waals surface area (Å²) < 4.78 is 0. The van der Waals surface area contributed by atoms with Crippen molar-refractivity contribution < 1.29 is 0 Å². The van der Waals surface area contributed by atoms with Crippen molar-refractivity contribution in [2.45, 2.75) is 51.9 Å². The van der Waals surface area contributed by atoms with Gasteiger partial charge in [0, 0.05) is 0 Å². The minimum absolute atomic E-state index is 1.19. The highest BCUT2D eigenvalue weighted by Gasteiger charge is 2.07. The average molecular weight is 266 g/mol. The van der Waals surface area contributed by atoms with E-state index in [4.69, 9.17) is 0 Å². The fraction of sp³-hybridized carbons (Fsp3) is 0.400. The van der Waals surface area contributed by atoms with Gasteiger partial charge in [0.05, 0.1) is 0 Å². The first-order chi connectivity index (χ1) is 9.92. The largest absolute Gasteiger partial charge is 0.0654 e. The van der Waals surface area contributed by atoms with Crippen LogP contribution >= 0.6 is 0 Å². The van der Waals surface area contributed by atoms with E-state index in [-0.39, 0.29) is 0 Å². The number of hydrogen-bond acceptors (Lipinski definition) is 0. The fourth-order valence-electron chi connectivity index (χ4n) is 2.75. The second-order valence-electron chi connectivity index (χ2n) is 5.54. The molecule has 0 saturated carbocycles. The number of rotatable bonds is 8. The molecule has 1 aliphatic carbocycles. The molecule has 0 aromatic heterocycles. The molecule has 1 aromatic carbocycles. The number of hydrogen-bond donors (Lipinski definition) is 0. The van der Waals surface area contributed by atoms with Gasteiger partial charge in [-0.2, -0.15) is 0 Å². The smallest absolute Gasteiger partial charge is 0.0219 e. The standard InChI is InChI=1S/C20H26/c1-2-3-4-5-6-10-17-20(19-15-11-12-16-19)18-13-8-7-9-14-18/h7-9,11-16H,2-6,10,17H2,1H3. The molecule has 2 rings (SSSR count). The van der Waals surface area contributed by atoms with E-state index in [1.54, 1.807) is 0 Å². The number of unbranched alkanes of at least 4 members (excludes halogenated alkanes) is 5. The van der Waals surface area contributed by atoms with Gasteiger partial charge in [0.2, 0.25) is 0 Å². The second-order valence-corrected chi connectivity index (χ2v) is 5.54. The molecule has 1 aromatic rings. The molecule has 0 radical (unpaired) electrons. The van der Waals surface area contributed by atoms with Gasteiger partial charge in [-0.1, -0.05) is 93.7 Å². The van der Waals surface area contributed by atoms with Crippen LogP contribution in [0.4, 0.5) is 0 Å². The molecular formula is C20H26. The third-order valence-electron chi connectivity index (χ3n) is 3.91. The zero-order valence-electron chi connectivity index (χ0n) is 12.6. The zero-order chi connectivity index (χ0) is 14.0. The van der Waals surface area contributed by atoms with E-state index in [1.807, 2.05) is 0 Å². The van der Waals surface area contributed by atoms with Gasteiger partial charge in [-0.3, -0.25) is 0 Å². The molecule has 0 bridgehead atoms. The van der Waals surface area contributed by atoms with Crippen LogP contribution in [0.2, 0.25) is 0 Å². The number of benzene rings is 1. The Morgan fingerprint density at radius 2 is 1.45 bits per heavy atom. The molecule has 1 aliphatic rings. The maximum Gasteiger partial charge on any atom is -0.0219 e.